The number of carbonyl (C=O) groups excluding carboxylic acids is 1. The van der Waals surface area contributed by atoms with Gasteiger partial charge in [0.2, 0.25) is 0 Å². The molecule has 24 heavy (non-hydrogen) atoms. The van der Waals surface area contributed by atoms with Gasteiger partial charge in [-0.05, 0) is 24.1 Å². The first kappa shape index (κ1) is 15.8. The summed E-state index contributed by atoms with van der Waals surface area (Å²) in [5.41, 5.74) is 1.37. The number of hydrogen-bond donors (Lipinski definition) is 1. The third kappa shape index (κ3) is 2.54. The average molecular weight is 323 g/mol. The van der Waals surface area contributed by atoms with Crippen LogP contribution in [0.15, 0.2) is 53.3 Å². The summed E-state index contributed by atoms with van der Waals surface area (Å²) in [6.07, 6.45) is 0. The molecule has 1 N–H and O–H groups in total. The van der Waals surface area contributed by atoms with Crippen molar-refractivity contribution in [2.75, 3.05) is 7.11 Å². The van der Waals surface area contributed by atoms with E-state index in [2.05, 4.69) is 4.74 Å². The molecule has 0 bridgehead atoms. The van der Waals surface area contributed by atoms with Crippen LogP contribution in [-0.2, 0) is 11.3 Å². The van der Waals surface area contributed by atoms with Gasteiger partial charge in [-0.15, -0.1) is 0 Å². The monoisotopic (exact) mass is 323 g/mol. The van der Waals surface area contributed by atoms with Crippen molar-refractivity contribution in [2.24, 2.45) is 0 Å². The van der Waals surface area contributed by atoms with Crippen molar-refractivity contribution in [1.29, 1.82) is 0 Å². The zero-order chi connectivity index (χ0) is 17.3. The second-order valence-electron chi connectivity index (χ2n) is 5.56. The van der Waals surface area contributed by atoms with Crippen LogP contribution >= 0.6 is 0 Å². The molecule has 0 amide bonds. The molecule has 2 aromatic carbocycles. The molecular formula is C19H17NO4. The Balaban J connectivity index is 2.37. The van der Waals surface area contributed by atoms with Crippen molar-refractivity contribution >= 4 is 16.9 Å². The second-order valence-corrected chi connectivity index (χ2v) is 5.56. The topological polar surface area (TPSA) is 68.5 Å². The molecule has 3 aromatic rings. The van der Waals surface area contributed by atoms with Crippen LogP contribution in [0, 0.1) is 6.92 Å². The van der Waals surface area contributed by atoms with Gasteiger partial charge >= 0.3 is 5.97 Å². The minimum atomic E-state index is -0.843. The normalized spacial score (nSPS) is 10.8. The van der Waals surface area contributed by atoms with E-state index in [-0.39, 0.29) is 11.3 Å². The van der Waals surface area contributed by atoms with E-state index in [0.717, 1.165) is 11.1 Å². The molecule has 0 atom stereocenters. The van der Waals surface area contributed by atoms with Crippen molar-refractivity contribution in [3.63, 3.8) is 0 Å². The van der Waals surface area contributed by atoms with Crippen LogP contribution in [0.2, 0.25) is 0 Å². The van der Waals surface area contributed by atoms with Crippen molar-refractivity contribution in [3.05, 3.63) is 75.6 Å². The van der Waals surface area contributed by atoms with E-state index < -0.39 is 11.5 Å². The van der Waals surface area contributed by atoms with Gasteiger partial charge in [0.25, 0.3) is 5.56 Å². The number of nitrogens with zero attached hydrogens (tertiary/aromatic N) is 1. The number of fused-ring (bicyclic) bond motifs is 1. The van der Waals surface area contributed by atoms with Crippen LogP contribution in [-0.4, -0.2) is 22.8 Å². The van der Waals surface area contributed by atoms with Gasteiger partial charge in [-0.1, -0.05) is 42.5 Å². The predicted octanol–water partition coefficient (Wildman–Crippen LogP) is 2.85. The lowest BCUT2D eigenvalue weighted by molar-refractivity contribution is 0.0595. The fourth-order valence-corrected chi connectivity index (χ4v) is 2.86. The molecule has 122 valence electrons. The molecule has 0 saturated carbocycles. The number of aromatic nitrogens is 1. The number of hydrogen-bond acceptors (Lipinski definition) is 4. The Bertz CT molecular complexity index is 974. The number of esters is 1. The van der Waals surface area contributed by atoms with Crippen LogP contribution in [0.3, 0.4) is 0 Å². The number of benzene rings is 2. The Kier molecular flexibility index (Phi) is 4.08. The maximum absolute atomic E-state index is 12.8. The second kappa shape index (κ2) is 6.20. The summed E-state index contributed by atoms with van der Waals surface area (Å²) in [6.45, 7) is 2.12. The molecular weight excluding hydrogens is 306 g/mol. The summed E-state index contributed by atoms with van der Waals surface area (Å²) in [6, 6.07) is 14.9. The minimum absolute atomic E-state index is 0.296. The lowest BCUT2D eigenvalue weighted by Gasteiger charge is -2.15. The van der Waals surface area contributed by atoms with E-state index in [0.29, 0.717) is 17.4 Å². The summed E-state index contributed by atoms with van der Waals surface area (Å²) in [7, 11) is 1.19. The molecule has 1 heterocycles. The van der Waals surface area contributed by atoms with Gasteiger partial charge in [0.15, 0.2) is 5.56 Å². The first-order valence-corrected chi connectivity index (χ1v) is 7.52. The Morgan fingerprint density at radius 3 is 2.50 bits per heavy atom. The summed E-state index contributed by atoms with van der Waals surface area (Å²) >= 11 is 0. The molecule has 0 radical (unpaired) electrons. The smallest absolute Gasteiger partial charge is 0.347 e. The lowest BCUT2D eigenvalue weighted by atomic mass is 10.0. The first-order valence-electron chi connectivity index (χ1n) is 7.52. The molecule has 0 aliphatic carbocycles. The van der Waals surface area contributed by atoms with Gasteiger partial charge in [0, 0.05) is 5.39 Å². The number of pyridine rings is 1. The molecule has 0 unspecified atom stereocenters. The van der Waals surface area contributed by atoms with E-state index in [1.807, 2.05) is 49.4 Å². The highest BCUT2D eigenvalue weighted by molar-refractivity contribution is 6.00. The van der Waals surface area contributed by atoms with Gasteiger partial charge in [-0.2, -0.15) is 0 Å². The number of aromatic hydroxyl groups is 1. The Labute approximate surface area is 138 Å². The van der Waals surface area contributed by atoms with Crippen molar-refractivity contribution in [3.8, 4) is 5.75 Å². The van der Waals surface area contributed by atoms with Gasteiger partial charge < -0.3 is 14.4 Å². The average Bonchev–Trinajstić information content (AvgIpc) is 2.59. The highest BCUT2D eigenvalue weighted by Gasteiger charge is 2.23. The zero-order valence-corrected chi connectivity index (χ0v) is 13.4. The van der Waals surface area contributed by atoms with Gasteiger partial charge in [-0.3, -0.25) is 4.79 Å². The zero-order valence-electron chi connectivity index (χ0n) is 13.4. The van der Waals surface area contributed by atoms with E-state index in [1.54, 1.807) is 6.07 Å². The number of methoxy groups -OCH3 is 1. The van der Waals surface area contributed by atoms with Gasteiger partial charge in [-0.25, -0.2) is 4.79 Å². The van der Waals surface area contributed by atoms with Crippen LogP contribution in [0.1, 0.15) is 21.5 Å². The molecule has 0 aliphatic heterocycles. The minimum Gasteiger partial charge on any atom is -0.506 e. The number of rotatable bonds is 3. The predicted molar refractivity (Wildman–Crippen MR) is 91.5 cm³/mol. The fraction of sp³-hybridized carbons (Fsp3) is 0.158. The summed E-state index contributed by atoms with van der Waals surface area (Å²) in [4.78, 5) is 24.8. The van der Waals surface area contributed by atoms with Gasteiger partial charge in [0.1, 0.15) is 5.75 Å². The molecule has 1 aromatic heterocycles. The molecule has 5 heteroatoms. The fourth-order valence-electron chi connectivity index (χ4n) is 2.86. The van der Waals surface area contributed by atoms with Crippen LogP contribution in [0.25, 0.3) is 10.9 Å². The SMILES string of the molecule is COC(=O)c1c(O)c2c(C)cccc2n(Cc2ccccc2)c1=O. The molecule has 0 aliphatic rings. The van der Waals surface area contributed by atoms with Gasteiger partial charge in [0.05, 0.1) is 19.2 Å². The molecule has 3 rings (SSSR count). The third-order valence-corrected chi connectivity index (χ3v) is 4.05. The van der Waals surface area contributed by atoms with E-state index >= 15 is 0 Å². The summed E-state index contributed by atoms with van der Waals surface area (Å²) in [5.74, 6) is -1.17. The largest absolute Gasteiger partial charge is 0.506 e. The van der Waals surface area contributed by atoms with Crippen LogP contribution < -0.4 is 5.56 Å². The van der Waals surface area contributed by atoms with E-state index in [1.165, 1.54) is 11.7 Å². The lowest BCUT2D eigenvalue weighted by Crippen LogP contribution is -2.28. The third-order valence-electron chi connectivity index (χ3n) is 4.05. The quantitative estimate of drug-likeness (QED) is 0.753. The number of aryl methyl sites for hydroxylation is 1. The summed E-state index contributed by atoms with van der Waals surface area (Å²) in [5, 5.41) is 11.0. The first-order chi connectivity index (χ1) is 11.5. The maximum atomic E-state index is 12.8. The summed E-state index contributed by atoms with van der Waals surface area (Å²) < 4.78 is 6.17. The number of carbonyl (C=O) groups is 1. The van der Waals surface area contributed by atoms with Crippen LogP contribution in [0.4, 0.5) is 0 Å². The number of ether oxygens (including phenoxy) is 1. The Hall–Kier alpha value is -3.08. The van der Waals surface area contributed by atoms with Crippen molar-refractivity contribution in [1.82, 2.24) is 4.57 Å². The maximum Gasteiger partial charge on any atom is 0.347 e. The molecule has 0 spiro atoms. The van der Waals surface area contributed by atoms with E-state index in [9.17, 15) is 14.7 Å². The molecule has 5 nitrogen and oxygen atoms in total. The highest BCUT2D eigenvalue weighted by Crippen LogP contribution is 2.30. The molecule has 0 fully saturated rings. The Morgan fingerprint density at radius 2 is 1.83 bits per heavy atom. The van der Waals surface area contributed by atoms with E-state index in [4.69, 9.17) is 0 Å². The van der Waals surface area contributed by atoms with Crippen molar-refractivity contribution < 1.29 is 14.6 Å². The van der Waals surface area contributed by atoms with Crippen LogP contribution in [0.5, 0.6) is 5.75 Å². The van der Waals surface area contributed by atoms with Crippen molar-refractivity contribution in [2.45, 2.75) is 13.5 Å². The molecule has 0 saturated heterocycles. The standard InChI is InChI=1S/C19H17NO4/c1-12-7-6-10-14-15(12)17(21)16(19(23)24-2)18(22)20(14)11-13-8-4-3-5-9-13/h3-10,21H,11H2,1-2H3. The Morgan fingerprint density at radius 1 is 1.12 bits per heavy atom. The highest BCUT2D eigenvalue weighted by atomic mass is 16.5.